The Bertz CT molecular complexity index is 1480. The van der Waals surface area contributed by atoms with Crippen molar-refractivity contribution in [2.24, 2.45) is 0 Å². The number of nitriles is 1. The molecular weight excluding hydrogens is 504 g/mol. The highest BCUT2D eigenvalue weighted by Crippen LogP contribution is 2.41. The van der Waals surface area contributed by atoms with Crippen molar-refractivity contribution in [3.05, 3.63) is 51.2 Å². The molecule has 1 N–H and O–H groups in total. The second-order valence-corrected chi connectivity index (χ2v) is 12.4. The number of nitrogens with zero attached hydrogens (tertiary/aromatic N) is 3. The van der Waals surface area contributed by atoms with Crippen molar-refractivity contribution in [2.45, 2.75) is 62.7 Å². The number of ketones is 1. The van der Waals surface area contributed by atoms with Crippen molar-refractivity contribution in [1.82, 2.24) is 9.88 Å². The Labute approximate surface area is 235 Å². The molecule has 0 radical (unpaired) electrons. The van der Waals surface area contributed by atoms with Crippen molar-refractivity contribution < 1.29 is 19.0 Å². The summed E-state index contributed by atoms with van der Waals surface area (Å²) in [6, 6.07) is 9.42. The van der Waals surface area contributed by atoms with Crippen LogP contribution in [0.25, 0.3) is 12.2 Å². The number of ether oxygens (including phenoxy) is 3. The summed E-state index contributed by atoms with van der Waals surface area (Å²) in [4.78, 5) is 22.6. The molecule has 0 amide bonds. The largest absolute Gasteiger partial charge is 0.379 e. The molecule has 8 heteroatoms. The number of hydrogen-bond acceptors (Lipinski definition) is 7. The molecule has 3 saturated heterocycles. The summed E-state index contributed by atoms with van der Waals surface area (Å²) in [5, 5.41) is 11.8. The maximum absolute atomic E-state index is 13.9. The summed E-state index contributed by atoms with van der Waals surface area (Å²) in [6.07, 6.45) is 7.31. The number of nitrogens with one attached hydrogen (secondary N) is 1. The van der Waals surface area contributed by atoms with E-state index in [-0.39, 0.29) is 11.9 Å². The van der Waals surface area contributed by atoms with Crippen LogP contribution in [0.5, 0.6) is 0 Å². The third kappa shape index (κ3) is 4.22. The molecule has 40 heavy (non-hydrogen) atoms. The lowest BCUT2D eigenvalue weighted by Crippen LogP contribution is -2.49. The highest BCUT2D eigenvalue weighted by atomic mass is 16.6. The fourth-order valence-corrected chi connectivity index (χ4v) is 7.34. The predicted molar refractivity (Wildman–Crippen MR) is 152 cm³/mol. The minimum absolute atomic E-state index is 0.0543. The van der Waals surface area contributed by atoms with Crippen LogP contribution in [0.3, 0.4) is 0 Å². The molecule has 1 aromatic carbocycles. The number of carbonyl (C=O) groups is 1. The third-order valence-corrected chi connectivity index (χ3v) is 9.68. The van der Waals surface area contributed by atoms with E-state index in [0.717, 1.165) is 91.6 Å². The number of rotatable bonds is 4. The van der Waals surface area contributed by atoms with Gasteiger partial charge in [0, 0.05) is 78.2 Å². The average Bonchev–Trinajstić information content (AvgIpc) is 3.64. The number of aromatic nitrogens is 1. The smallest absolute Gasteiger partial charge is 0.195 e. The molecule has 2 atom stereocenters. The molecule has 8 nitrogen and oxygen atoms in total. The average molecular weight is 543 g/mol. The van der Waals surface area contributed by atoms with E-state index in [0.29, 0.717) is 25.7 Å². The lowest BCUT2D eigenvalue weighted by atomic mass is 9.71. The number of H-pyrrole nitrogens is 1. The topological polar surface area (TPSA) is 90.8 Å². The Morgan fingerprint density at radius 1 is 1.07 bits per heavy atom. The molecule has 3 aliphatic heterocycles. The number of morpholine rings is 1. The van der Waals surface area contributed by atoms with Crippen LogP contribution in [-0.2, 0) is 19.6 Å². The van der Waals surface area contributed by atoms with E-state index in [1.807, 2.05) is 18.2 Å². The third-order valence-electron chi connectivity index (χ3n) is 9.68. The van der Waals surface area contributed by atoms with Crippen LogP contribution in [0, 0.1) is 11.3 Å². The monoisotopic (exact) mass is 542 g/mol. The normalized spacial score (nSPS) is 28.2. The Morgan fingerprint density at radius 2 is 1.88 bits per heavy atom. The van der Waals surface area contributed by atoms with Gasteiger partial charge >= 0.3 is 0 Å². The molecule has 4 heterocycles. The fourth-order valence-electron chi connectivity index (χ4n) is 7.34. The first-order valence-corrected chi connectivity index (χ1v) is 14.8. The van der Waals surface area contributed by atoms with E-state index in [2.05, 4.69) is 46.8 Å². The van der Waals surface area contributed by atoms with Gasteiger partial charge in [-0.05, 0) is 49.1 Å². The minimum Gasteiger partial charge on any atom is -0.379 e. The number of fused-ring (bicyclic) bond motifs is 4. The van der Waals surface area contributed by atoms with Crippen LogP contribution >= 0.6 is 0 Å². The molecule has 2 unspecified atom stereocenters. The molecule has 2 aromatic rings. The van der Waals surface area contributed by atoms with Gasteiger partial charge in [0.15, 0.2) is 11.4 Å². The summed E-state index contributed by atoms with van der Waals surface area (Å²) < 4.78 is 17.3. The van der Waals surface area contributed by atoms with Crippen LogP contribution in [0.15, 0.2) is 18.2 Å². The lowest BCUT2D eigenvalue weighted by molar-refractivity contribution is -0.0204. The van der Waals surface area contributed by atoms with Gasteiger partial charge in [-0.15, -0.1) is 0 Å². The Kier molecular flexibility index (Phi) is 6.39. The van der Waals surface area contributed by atoms with Gasteiger partial charge in [0.2, 0.25) is 0 Å². The van der Waals surface area contributed by atoms with Gasteiger partial charge in [0.1, 0.15) is 6.07 Å². The molecule has 0 saturated carbocycles. The van der Waals surface area contributed by atoms with Crippen molar-refractivity contribution in [3.8, 4) is 6.07 Å². The highest BCUT2D eigenvalue weighted by molar-refractivity contribution is 6.13. The van der Waals surface area contributed by atoms with Crippen molar-refractivity contribution in [1.29, 1.82) is 5.26 Å². The first kappa shape index (κ1) is 26.0. The zero-order chi connectivity index (χ0) is 27.5. The maximum Gasteiger partial charge on any atom is 0.195 e. The van der Waals surface area contributed by atoms with Gasteiger partial charge in [0.05, 0.1) is 31.5 Å². The summed E-state index contributed by atoms with van der Waals surface area (Å²) in [6.45, 7) is 11.3. The zero-order valence-electron chi connectivity index (χ0n) is 23.5. The number of piperidine rings is 1. The molecule has 0 bridgehead atoms. The molecule has 7 rings (SSSR count). The fraction of sp³-hybridized carbons (Fsp3) is 0.562. The first-order chi connectivity index (χ1) is 19.4. The number of aromatic amines is 1. The standard InChI is InChI=1S/C32H38N4O4/c1-31(2)26-17-22(35-10-6-21(7-11-35)36-12-15-38-16-13-36)3-4-24(26)29(37)28-25-5-9-32(20-33,18-27(25)34-30(28)31)40-23-8-14-39-19-23/h3-5,17-18,21,23,34H,6-16,19H2,1-2H3. The quantitative estimate of drug-likeness (QED) is 0.634. The molecule has 0 spiro atoms. The van der Waals surface area contributed by atoms with E-state index in [1.165, 1.54) is 5.69 Å². The highest BCUT2D eigenvalue weighted by Gasteiger charge is 2.42. The molecule has 1 aromatic heterocycles. The van der Waals surface area contributed by atoms with Gasteiger partial charge in [-0.3, -0.25) is 9.69 Å². The van der Waals surface area contributed by atoms with Crippen molar-refractivity contribution in [3.63, 3.8) is 0 Å². The summed E-state index contributed by atoms with van der Waals surface area (Å²) in [7, 11) is 0. The second-order valence-electron chi connectivity index (χ2n) is 12.4. The molecular formula is C32H38N4O4. The van der Waals surface area contributed by atoms with Gasteiger partial charge in [-0.1, -0.05) is 19.9 Å². The summed E-state index contributed by atoms with van der Waals surface area (Å²) in [5.74, 6) is 0.0543. The SMILES string of the molecule is CC1(C)c2cc(N3CCC(N4CCOCC4)CC3)ccc2C(=O)c2c1[nH]c1c2=CCC(C#N)(OC2CCOC2)C=1. The molecule has 210 valence electrons. The Hall–Kier alpha value is -2.96. The van der Waals surface area contributed by atoms with Crippen LogP contribution < -0.4 is 15.5 Å². The van der Waals surface area contributed by atoms with Gasteiger partial charge < -0.3 is 24.1 Å². The number of anilines is 1. The van der Waals surface area contributed by atoms with E-state index in [9.17, 15) is 10.1 Å². The molecule has 2 aliphatic carbocycles. The van der Waals surface area contributed by atoms with Crippen molar-refractivity contribution in [2.75, 3.05) is 57.5 Å². The number of benzene rings is 1. The van der Waals surface area contributed by atoms with Gasteiger partial charge in [0.25, 0.3) is 0 Å². The summed E-state index contributed by atoms with van der Waals surface area (Å²) in [5.41, 5.74) is 3.23. The Morgan fingerprint density at radius 3 is 2.60 bits per heavy atom. The maximum atomic E-state index is 13.9. The number of hydrogen-bond donors (Lipinski definition) is 1. The van der Waals surface area contributed by atoms with E-state index < -0.39 is 11.0 Å². The summed E-state index contributed by atoms with van der Waals surface area (Å²) >= 11 is 0. The van der Waals surface area contributed by atoms with Crippen LogP contribution in [-0.4, -0.2) is 86.0 Å². The van der Waals surface area contributed by atoms with Crippen molar-refractivity contribution >= 4 is 23.6 Å². The molecule has 3 fully saturated rings. The second kappa shape index (κ2) is 9.85. The Balaban J connectivity index is 1.18. The predicted octanol–water partition coefficient (Wildman–Crippen LogP) is 2.22. The van der Waals surface area contributed by atoms with Gasteiger partial charge in [-0.25, -0.2) is 0 Å². The first-order valence-electron chi connectivity index (χ1n) is 14.8. The molecule has 5 aliphatic rings. The lowest BCUT2D eigenvalue weighted by Gasteiger charge is -2.41. The van der Waals surface area contributed by atoms with Gasteiger partial charge in [-0.2, -0.15) is 5.26 Å². The van der Waals surface area contributed by atoms with E-state index in [1.54, 1.807) is 0 Å². The van der Waals surface area contributed by atoms with Crippen LogP contribution in [0.1, 0.15) is 66.7 Å². The van der Waals surface area contributed by atoms with E-state index >= 15 is 0 Å². The zero-order valence-corrected chi connectivity index (χ0v) is 23.5. The number of carbonyl (C=O) groups excluding carboxylic acids is 1. The van der Waals surface area contributed by atoms with Crippen LogP contribution in [0.4, 0.5) is 5.69 Å². The van der Waals surface area contributed by atoms with Crippen LogP contribution in [0.2, 0.25) is 0 Å². The minimum atomic E-state index is -1.06. The van der Waals surface area contributed by atoms with E-state index in [4.69, 9.17) is 14.2 Å².